The summed E-state index contributed by atoms with van der Waals surface area (Å²) < 4.78 is 5.45. The predicted octanol–water partition coefficient (Wildman–Crippen LogP) is 4.02. The van der Waals surface area contributed by atoms with Crippen LogP contribution >= 0.6 is 22.9 Å². The number of urea groups is 1. The molecular weight excluding hydrogens is 374 g/mol. The molecule has 26 heavy (non-hydrogen) atoms. The molecule has 0 saturated carbocycles. The smallest absolute Gasteiger partial charge is 0.325 e. The number of aromatic nitrogens is 1. The van der Waals surface area contributed by atoms with Crippen molar-refractivity contribution in [2.24, 2.45) is 0 Å². The topological polar surface area (TPSA) is 75.4 Å². The van der Waals surface area contributed by atoms with Gasteiger partial charge in [-0.1, -0.05) is 29.8 Å². The van der Waals surface area contributed by atoms with E-state index in [1.54, 1.807) is 31.2 Å². The van der Waals surface area contributed by atoms with Gasteiger partial charge in [-0.3, -0.25) is 9.69 Å². The van der Waals surface area contributed by atoms with Gasteiger partial charge in [0.1, 0.15) is 11.8 Å². The van der Waals surface area contributed by atoms with Crippen molar-refractivity contribution in [3.8, 4) is 10.8 Å². The lowest BCUT2D eigenvalue weighted by Crippen LogP contribution is -2.40. The lowest BCUT2D eigenvalue weighted by Gasteiger charge is -2.22. The number of carbonyl (C=O) groups excluding carboxylic acids is 2. The van der Waals surface area contributed by atoms with E-state index < -0.39 is 11.6 Å². The van der Waals surface area contributed by atoms with Gasteiger partial charge in [-0.05, 0) is 36.1 Å². The molecule has 1 atom stereocenters. The van der Waals surface area contributed by atoms with Crippen LogP contribution in [-0.4, -0.2) is 21.8 Å². The molecule has 1 unspecified atom stereocenters. The summed E-state index contributed by atoms with van der Waals surface area (Å²) in [5.41, 5.74) is 0.0431. The van der Waals surface area contributed by atoms with Gasteiger partial charge in [0.05, 0.1) is 17.1 Å². The molecule has 1 aliphatic heterocycles. The van der Waals surface area contributed by atoms with Crippen LogP contribution in [0.15, 0.2) is 52.5 Å². The number of thiophene rings is 1. The van der Waals surface area contributed by atoms with Crippen LogP contribution in [0.5, 0.6) is 0 Å². The molecule has 1 aliphatic rings. The van der Waals surface area contributed by atoms with Gasteiger partial charge in [-0.15, -0.1) is 11.3 Å². The minimum Gasteiger partial charge on any atom is -0.443 e. The normalized spacial score (nSPS) is 19.8. The quantitative estimate of drug-likeness (QED) is 0.686. The molecule has 2 aromatic heterocycles. The fourth-order valence-electron chi connectivity index (χ4n) is 2.87. The fraction of sp³-hybridized carbons (Fsp3) is 0.167. The van der Waals surface area contributed by atoms with E-state index in [1.165, 1.54) is 17.6 Å². The highest BCUT2D eigenvalue weighted by molar-refractivity contribution is 7.13. The van der Waals surface area contributed by atoms with E-state index in [0.717, 1.165) is 9.78 Å². The Kier molecular flexibility index (Phi) is 4.05. The molecule has 0 aliphatic carbocycles. The zero-order valence-corrected chi connectivity index (χ0v) is 15.3. The van der Waals surface area contributed by atoms with Crippen molar-refractivity contribution in [2.45, 2.75) is 19.0 Å². The van der Waals surface area contributed by atoms with E-state index >= 15 is 0 Å². The summed E-state index contributed by atoms with van der Waals surface area (Å²) >= 11 is 7.41. The van der Waals surface area contributed by atoms with Crippen molar-refractivity contribution >= 4 is 34.9 Å². The number of nitrogens with zero attached hydrogens (tertiary/aromatic N) is 2. The Morgan fingerprint density at radius 3 is 2.73 bits per heavy atom. The third-order valence-electron chi connectivity index (χ3n) is 4.30. The van der Waals surface area contributed by atoms with Crippen LogP contribution in [0, 0.1) is 0 Å². The van der Waals surface area contributed by atoms with E-state index in [0.29, 0.717) is 22.2 Å². The Balaban J connectivity index is 1.57. The van der Waals surface area contributed by atoms with Gasteiger partial charge < -0.3 is 9.73 Å². The number of hydrogen-bond donors (Lipinski definition) is 1. The Morgan fingerprint density at radius 2 is 2.04 bits per heavy atom. The second kappa shape index (κ2) is 6.26. The summed E-state index contributed by atoms with van der Waals surface area (Å²) in [4.78, 5) is 31.7. The average molecular weight is 388 g/mol. The first-order chi connectivity index (χ1) is 12.5. The molecule has 3 heterocycles. The lowest BCUT2D eigenvalue weighted by molar-refractivity contribution is -0.131. The van der Waals surface area contributed by atoms with Crippen LogP contribution < -0.4 is 5.32 Å². The minimum atomic E-state index is -1.14. The second-order valence-electron chi connectivity index (χ2n) is 6.07. The van der Waals surface area contributed by atoms with E-state index in [-0.39, 0.29) is 12.5 Å². The molecule has 1 N–H and O–H groups in total. The molecular formula is C18H14ClN3O3S. The number of oxazole rings is 1. The van der Waals surface area contributed by atoms with Crippen LogP contribution in [0.1, 0.15) is 18.2 Å². The standard InChI is InChI=1S/C18H14ClN3O3S/c1-18(11-4-6-12(19)7-5-11)16(23)22(17(24)21-18)9-13-10-25-15(20-13)14-3-2-8-26-14/h2-8,10H,9H2,1H3,(H,21,24). The monoisotopic (exact) mass is 387 g/mol. The number of amides is 3. The third-order valence-corrected chi connectivity index (χ3v) is 5.41. The number of imide groups is 1. The Bertz CT molecular complexity index is 968. The molecule has 1 fully saturated rings. The third kappa shape index (κ3) is 2.79. The summed E-state index contributed by atoms with van der Waals surface area (Å²) in [7, 11) is 0. The Morgan fingerprint density at radius 1 is 1.27 bits per heavy atom. The van der Waals surface area contributed by atoms with E-state index in [9.17, 15) is 9.59 Å². The first-order valence-electron chi connectivity index (χ1n) is 7.86. The summed E-state index contributed by atoms with van der Waals surface area (Å²) in [6.45, 7) is 1.72. The summed E-state index contributed by atoms with van der Waals surface area (Å²) in [6, 6.07) is 10.2. The Hall–Kier alpha value is -2.64. The molecule has 0 bridgehead atoms. The van der Waals surface area contributed by atoms with Crippen molar-refractivity contribution in [2.75, 3.05) is 0 Å². The van der Waals surface area contributed by atoms with Crippen molar-refractivity contribution < 1.29 is 14.0 Å². The summed E-state index contributed by atoms with van der Waals surface area (Å²) in [6.07, 6.45) is 1.47. The lowest BCUT2D eigenvalue weighted by atomic mass is 9.92. The molecule has 132 valence electrons. The molecule has 0 spiro atoms. The van der Waals surface area contributed by atoms with E-state index in [2.05, 4.69) is 10.3 Å². The molecule has 3 aromatic rings. The van der Waals surface area contributed by atoms with E-state index in [1.807, 2.05) is 17.5 Å². The largest absolute Gasteiger partial charge is 0.443 e. The first kappa shape index (κ1) is 16.8. The molecule has 6 nitrogen and oxygen atoms in total. The molecule has 1 saturated heterocycles. The number of benzene rings is 1. The number of halogens is 1. The highest BCUT2D eigenvalue weighted by Crippen LogP contribution is 2.31. The van der Waals surface area contributed by atoms with Crippen LogP contribution in [0.25, 0.3) is 10.8 Å². The van der Waals surface area contributed by atoms with Gasteiger partial charge in [0.15, 0.2) is 0 Å². The van der Waals surface area contributed by atoms with Gasteiger partial charge in [0.25, 0.3) is 5.91 Å². The zero-order chi connectivity index (χ0) is 18.3. The highest BCUT2D eigenvalue weighted by atomic mass is 35.5. The number of carbonyl (C=O) groups is 2. The van der Waals surface area contributed by atoms with Gasteiger partial charge >= 0.3 is 6.03 Å². The number of hydrogen-bond acceptors (Lipinski definition) is 5. The van der Waals surface area contributed by atoms with Crippen molar-refractivity contribution in [1.82, 2.24) is 15.2 Å². The zero-order valence-electron chi connectivity index (χ0n) is 13.7. The maximum atomic E-state index is 12.9. The molecule has 3 amide bonds. The summed E-state index contributed by atoms with van der Waals surface area (Å²) in [5.74, 6) is 0.132. The molecule has 0 radical (unpaired) electrons. The van der Waals surface area contributed by atoms with Crippen molar-refractivity contribution in [1.29, 1.82) is 0 Å². The van der Waals surface area contributed by atoms with Crippen molar-refractivity contribution in [3.05, 3.63) is 64.3 Å². The fourth-order valence-corrected chi connectivity index (χ4v) is 3.66. The Labute approximate surface area is 158 Å². The van der Waals surface area contributed by atoms with Gasteiger partial charge in [-0.25, -0.2) is 9.78 Å². The second-order valence-corrected chi connectivity index (χ2v) is 7.46. The van der Waals surface area contributed by atoms with Crippen LogP contribution in [0.4, 0.5) is 4.79 Å². The van der Waals surface area contributed by atoms with Gasteiger partial charge in [-0.2, -0.15) is 0 Å². The van der Waals surface area contributed by atoms with Crippen LogP contribution in [0.3, 0.4) is 0 Å². The summed E-state index contributed by atoms with van der Waals surface area (Å²) in [5, 5.41) is 5.25. The van der Waals surface area contributed by atoms with Crippen molar-refractivity contribution in [3.63, 3.8) is 0 Å². The van der Waals surface area contributed by atoms with Crippen LogP contribution in [-0.2, 0) is 16.9 Å². The highest BCUT2D eigenvalue weighted by Gasteiger charge is 2.49. The SMILES string of the molecule is CC1(c2ccc(Cl)cc2)NC(=O)N(Cc2coc(-c3cccs3)n2)C1=O. The predicted molar refractivity (Wildman–Crippen MR) is 97.7 cm³/mol. The number of rotatable bonds is 4. The molecule has 8 heteroatoms. The number of nitrogens with one attached hydrogen (secondary N) is 1. The van der Waals surface area contributed by atoms with Crippen LogP contribution in [0.2, 0.25) is 5.02 Å². The van der Waals surface area contributed by atoms with Gasteiger partial charge in [0.2, 0.25) is 5.89 Å². The molecule has 1 aromatic carbocycles. The minimum absolute atomic E-state index is 0.0444. The maximum absolute atomic E-state index is 12.9. The first-order valence-corrected chi connectivity index (χ1v) is 9.11. The average Bonchev–Trinajstić information content (AvgIpc) is 3.34. The van der Waals surface area contributed by atoms with Gasteiger partial charge in [0, 0.05) is 5.02 Å². The van der Waals surface area contributed by atoms with E-state index in [4.69, 9.17) is 16.0 Å². The maximum Gasteiger partial charge on any atom is 0.325 e. The molecule has 4 rings (SSSR count).